The van der Waals surface area contributed by atoms with Gasteiger partial charge in [0.05, 0.1) is 5.56 Å². The van der Waals surface area contributed by atoms with E-state index in [4.69, 9.17) is 9.47 Å². The number of aromatic nitrogens is 4. The quantitative estimate of drug-likeness (QED) is 0.511. The van der Waals surface area contributed by atoms with E-state index in [1.54, 1.807) is 12.1 Å². The number of hydrogen-bond donors (Lipinski definition) is 0. The summed E-state index contributed by atoms with van der Waals surface area (Å²) in [5.74, 6) is 0.917. The molecule has 0 N–H and O–H groups in total. The second-order valence-corrected chi connectivity index (χ2v) is 5.00. The van der Waals surface area contributed by atoms with Crippen molar-refractivity contribution < 1.29 is 14.3 Å². The van der Waals surface area contributed by atoms with Crippen LogP contribution in [0.4, 0.5) is 0 Å². The molecule has 24 heavy (non-hydrogen) atoms. The van der Waals surface area contributed by atoms with E-state index in [1.807, 2.05) is 31.2 Å². The van der Waals surface area contributed by atoms with E-state index in [9.17, 15) is 4.79 Å². The Morgan fingerprint density at radius 2 is 2.04 bits per heavy atom. The van der Waals surface area contributed by atoms with Crippen LogP contribution in [-0.4, -0.2) is 38.9 Å². The molecule has 7 nitrogen and oxygen atoms in total. The molecule has 0 saturated carbocycles. The Labute approximate surface area is 138 Å². The fourth-order valence-corrected chi connectivity index (χ4v) is 2.06. The summed E-state index contributed by atoms with van der Waals surface area (Å²) in [5.41, 5.74) is 1.41. The Morgan fingerprint density at radius 1 is 1.17 bits per heavy atom. The van der Waals surface area contributed by atoms with Gasteiger partial charge in [0.25, 0.3) is 0 Å². The smallest absolute Gasteiger partial charge is 0.339 e. The fraction of sp³-hybridized carbons (Fsp3) is 0.176. The average Bonchev–Trinajstić information content (AvgIpc) is 3.15. The minimum absolute atomic E-state index is 0.165. The topological polar surface area (TPSA) is 79.1 Å². The lowest BCUT2D eigenvalue weighted by Crippen LogP contribution is -2.13. The lowest BCUT2D eigenvalue weighted by atomic mass is 10.2. The first kappa shape index (κ1) is 15.7. The number of aryl methyl sites for hydroxylation is 1. The Kier molecular flexibility index (Phi) is 4.81. The number of pyridine rings is 1. The number of carbonyl (C=O) groups is 1. The van der Waals surface area contributed by atoms with Gasteiger partial charge in [-0.05, 0) is 30.7 Å². The van der Waals surface area contributed by atoms with E-state index >= 15 is 0 Å². The molecule has 0 spiro atoms. The van der Waals surface area contributed by atoms with Crippen molar-refractivity contribution in [3.63, 3.8) is 0 Å². The highest BCUT2D eigenvalue weighted by molar-refractivity contribution is 5.89. The lowest BCUT2D eigenvalue weighted by molar-refractivity contribution is 0.0449. The zero-order valence-corrected chi connectivity index (χ0v) is 13.1. The third kappa shape index (κ3) is 3.75. The molecule has 0 amide bonds. The number of hydrogen-bond acceptors (Lipinski definition) is 6. The minimum atomic E-state index is -0.443. The highest BCUT2D eigenvalue weighted by Gasteiger charge is 2.09. The number of benzene rings is 1. The highest BCUT2D eigenvalue weighted by atomic mass is 16.6. The number of esters is 1. The van der Waals surface area contributed by atoms with Gasteiger partial charge < -0.3 is 9.47 Å². The van der Waals surface area contributed by atoms with Crippen molar-refractivity contribution >= 4 is 5.97 Å². The molecule has 0 fully saturated rings. The molecule has 0 aliphatic heterocycles. The zero-order valence-electron chi connectivity index (χ0n) is 13.1. The summed E-state index contributed by atoms with van der Waals surface area (Å²) in [4.78, 5) is 20.0. The van der Waals surface area contributed by atoms with Gasteiger partial charge in [-0.3, -0.25) is 0 Å². The molecule has 0 unspecified atom stereocenters. The van der Waals surface area contributed by atoms with Crippen LogP contribution in [0.3, 0.4) is 0 Å². The predicted octanol–water partition coefficient (Wildman–Crippen LogP) is 2.21. The SMILES string of the molecule is Cc1ccccc1OCCOC(=O)c1ccc(-n2cncn2)nc1. The first-order chi connectivity index (χ1) is 11.7. The Hall–Kier alpha value is -3.22. The molecule has 3 rings (SSSR count). The summed E-state index contributed by atoms with van der Waals surface area (Å²) >= 11 is 0. The molecule has 1 aromatic carbocycles. The molecular weight excluding hydrogens is 308 g/mol. The van der Waals surface area contributed by atoms with Gasteiger partial charge >= 0.3 is 5.97 Å². The second-order valence-electron chi connectivity index (χ2n) is 5.00. The van der Waals surface area contributed by atoms with Crippen molar-refractivity contribution in [1.82, 2.24) is 19.7 Å². The summed E-state index contributed by atoms with van der Waals surface area (Å²) in [6.07, 6.45) is 4.39. The van der Waals surface area contributed by atoms with Crippen LogP contribution in [0, 0.1) is 6.92 Å². The zero-order chi connectivity index (χ0) is 16.8. The van der Waals surface area contributed by atoms with Crippen molar-refractivity contribution in [2.75, 3.05) is 13.2 Å². The van der Waals surface area contributed by atoms with E-state index in [-0.39, 0.29) is 6.61 Å². The maximum atomic E-state index is 12.0. The summed E-state index contributed by atoms with van der Waals surface area (Å²) in [7, 11) is 0. The van der Waals surface area contributed by atoms with Gasteiger partial charge in [-0.15, -0.1) is 0 Å². The van der Waals surface area contributed by atoms with Crippen molar-refractivity contribution in [2.24, 2.45) is 0 Å². The Morgan fingerprint density at radius 3 is 2.75 bits per heavy atom. The number of para-hydroxylation sites is 1. The van der Waals surface area contributed by atoms with Crippen molar-refractivity contribution in [3.8, 4) is 11.6 Å². The van der Waals surface area contributed by atoms with Crippen LogP contribution in [0.5, 0.6) is 5.75 Å². The monoisotopic (exact) mass is 324 g/mol. The van der Waals surface area contributed by atoms with Crippen LogP contribution in [0.15, 0.2) is 55.2 Å². The highest BCUT2D eigenvalue weighted by Crippen LogP contribution is 2.15. The van der Waals surface area contributed by atoms with Gasteiger partial charge in [0.1, 0.15) is 31.6 Å². The van der Waals surface area contributed by atoms with Crippen molar-refractivity contribution in [2.45, 2.75) is 6.92 Å². The molecule has 122 valence electrons. The van der Waals surface area contributed by atoms with Gasteiger partial charge in [0.15, 0.2) is 5.82 Å². The number of ether oxygens (including phenoxy) is 2. The van der Waals surface area contributed by atoms with Gasteiger partial charge in [0.2, 0.25) is 0 Å². The first-order valence-electron chi connectivity index (χ1n) is 7.40. The third-order valence-electron chi connectivity index (χ3n) is 3.30. The maximum Gasteiger partial charge on any atom is 0.339 e. The molecule has 0 saturated heterocycles. The molecule has 0 atom stereocenters. The third-order valence-corrected chi connectivity index (χ3v) is 3.30. The van der Waals surface area contributed by atoms with Crippen LogP contribution in [-0.2, 0) is 4.74 Å². The number of rotatable bonds is 6. The standard InChI is InChI=1S/C17H16N4O3/c1-13-4-2-3-5-15(13)23-8-9-24-17(22)14-6-7-16(19-10-14)21-12-18-11-20-21/h2-7,10-12H,8-9H2,1H3. The summed E-state index contributed by atoms with van der Waals surface area (Å²) < 4.78 is 12.3. The normalized spacial score (nSPS) is 10.4. The summed E-state index contributed by atoms with van der Waals surface area (Å²) in [6.45, 7) is 2.42. The molecule has 2 heterocycles. The number of nitrogens with zero attached hydrogens (tertiary/aromatic N) is 4. The van der Waals surface area contributed by atoms with Crippen molar-refractivity contribution in [3.05, 3.63) is 66.4 Å². The molecule has 0 aliphatic rings. The maximum absolute atomic E-state index is 12.0. The van der Waals surface area contributed by atoms with E-state index in [0.717, 1.165) is 11.3 Å². The molecular formula is C17H16N4O3. The molecule has 0 radical (unpaired) electrons. The summed E-state index contributed by atoms with van der Waals surface area (Å²) in [6, 6.07) is 11.0. The van der Waals surface area contributed by atoms with Gasteiger partial charge in [-0.1, -0.05) is 18.2 Å². The van der Waals surface area contributed by atoms with Gasteiger partial charge in [-0.25, -0.2) is 19.4 Å². The van der Waals surface area contributed by atoms with E-state index in [2.05, 4.69) is 15.1 Å². The average molecular weight is 324 g/mol. The van der Waals surface area contributed by atoms with Crippen molar-refractivity contribution in [1.29, 1.82) is 0 Å². The predicted molar refractivity (Wildman–Crippen MR) is 86.1 cm³/mol. The molecule has 0 bridgehead atoms. The summed E-state index contributed by atoms with van der Waals surface area (Å²) in [5, 5.41) is 3.97. The van der Waals surface area contributed by atoms with E-state index in [1.165, 1.54) is 23.5 Å². The number of carbonyl (C=O) groups excluding carboxylic acids is 1. The van der Waals surface area contributed by atoms with Crippen LogP contribution in [0.1, 0.15) is 15.9 Å². The van der Waals surface area contributed by atoms with Crippen LogP contribution < -0.4 is 4.74 Å². The van der Waals surface area contributed by atoms with E-state index in [0.29, 0.717) is 18.0 Å². The first-order valence-corrected chi connectivity index (χ1v) is 7.40. The molecule has 7 heteroatoms. The van der Waals surface area contributed by atoms with E-state index < -0.39 is 5.97 Å². The molecule has 3 aromatic rings. The van der Waals surface area contributed by atoms with Gasteiger partial charge in [-0.2, -0.15) is 5.10 Å². The Balaban J connectivity index is 1.49. The lowest BCUT2D eigenvalue weighted by Gasteiger charge is -2.09. The van der Waals surface area contributed by atoms with Crippen LogP contribution in [0.2, 0.25) is 0 Å². The largest absolute Gasteiger partial charge is 0.490 e. The molecule has 2 aromatic heterocycles. The minimum Gasteiger partial charge on any atom is -0.490 e. The van der Waals surface area contributed by atoms with Crippen LogP contribution in [0.25, 0.3) is 5.82 Å². The van der Waals surface area contributed by atoms with Crippen LogP contribution >= 0.6 is 0 Å². The Bertz CT molecular complexity index is 801. The fourth-order valence-electron chi connectivity index (χ4n) is 2.06. The second kappa shape index (κ2) is 7.36. The van der Waals surface area contributed by atoms with Gasteiger partial charge in [0, 0.05) is 6.20 Å². The molecule has 0 aliphatic carbocycles.